The molecule has 2 aromatic carbocycles. The smallest absolute Gasteiger partial charge is 0.216 e. The monoisotopic (exact) mass is 422 g/mol. The lowest BCUT2D eigenvalue weighted by Crippen LogP contribution is -2.00. The molecule has 3 rings (SSSR count). The average Bonchev–Trinajstić information content (AvgIpc) is 2.97. The summed E-state index contributed by atoms with van der Waals surface area (Å²) in [6, 6.07) is 10.8. The maximum Gasteiger partial charge on any atom is 0.216 e. The Balaban J connectivity index is 1.82. The number of benzene rings is 2. The molecule has 6 nitrogen and oxygen atoms in total. The summed E-state index contributed by atoms with van der Waals surface area (Å²) in [5, 5.41) is 12.2. The zero-order valence-electron chi connectivity index (χ0n) is 14.6. The minimum Gasteiger partial charge on any atom is -0.493 e. The molecule has 0 saturated carbocycles. The van der Waals surface area contributed by atoms with Crippen LogP contribution < -0.4 is 9.47 Å². The summed E-state index contributed by atoms with van der Waals surface area (Å²) in [5.41, 5.74) is 1.64. The summed E-state index contributed by atoms with van der Waals surface area (Å²) in [6.45, 7) is 2.08. The lowest BCUT2D eigenvalue weighted by Gasteiger charge is -2.12. The Bertz CT molecular complexity index is 1050. The van der Waals surface area contributed by atoms with Crippen molar-refractivity contribution in [2.45, 2.75) is 13.5 Å². The normalized spacial score (nSPS) is 11.1. The Morgan fingerprint density at radius 3 is 2.70 bits per heavy atom. The predicted octanol–water partition coefficient (Wildman–Crippen LogP) is 5.03. The van der Waals surface area contributed by atoms with Crippen molar-refractivity contribution in [1.82, 2.24) is 14.9 Å². The molecule has 0 aliphatic heterocycles. The molecule has 0 saturated heterocycles. The summed E-state index contributed by atoms with van der Waals surface area (Å²) >= 11 is 17.3. The number of aryl methyl sites for hydroxylation is 1. The first-order valence-corrected chi connectivity index (χ1v) is 9.07. The molecule has 0 atom stereocenters. The van der Waals surface area contributed by atoms with E-state index in [2.05, 4.69) is 15.3 Å². The van der Waals surface area contributed by atoms with Gasteiger partial charge >= 0.3 is 0 Å². The first-order chi connectivity index (χ1) is 13.0. The number of aromatic amines is 1. The third kappa shape index (κ3) is 4.68. The van der Waals surface area contributed by atoms with Crippen molar-refractivity contribution in [3.63, 3.8) is 0 Å². The van der Waals surface area contributed by atoms with Gasteiger partial charge in [-0.2, -0.15) is 14.9 Å². The maximum atomic E-state index is 6.20. The summed E-state index contributed by atoms with van der Waals surface area (Å²) in [4.78, 5) is 0. The van der Waals surface area contributed by atoms with Crippen molar-refractivity contribution < 1.29 is 9.47 Å². The second-order valence-corrected chi connectivity index (χ2v) is 6.80. The number of nitrogens with zero attached hydrogens (tertiary/aromatic N) is 3. The van der Waals surface area contributed by atoms with Crippen LogP contribution in [0.25, 0.3) is 0 Å². The van der Waals surface area contributed by atoms with Gasteiger partial charge in [-0.25, -0.2) is 0 Å². The van der Waals surface area contributed by atoms with Gasteiger partial charge in [0.2, 0.25) is 4.77 Å². The molecule has 0 spiro atoms. The summed E-state index contributed by atoms with van der Waals surface area (Å²) in [5.74, 6) is 1.84. The zero-order valence-corrected chi connectivity index (χ0v) is 16.9. The Morgan fingerprint density at radius 2 is 2.04 bits per heavy atom. The molecule has 0 amide bonds. The van der Waals surface area contributed by atoms with Gasteiger partial charge < -0.3 is 9.47 Å². The van der Waals surface area contributed by atoms with E-state index >= 15 is 0 Å². The molecule has 0 aliphatic rings. The molecule has 3 aromatic rings. The number of halogens is 2. The van der Waals surface area contributed by atoms with Gasteiger partial charge in [0, 0.05) is 15.6 Å². The van der Waals surface area contributed by atoms with E-state index in [0.717, 1.165) is 11.1 Å². The number of methoxy groups -OCH3 is 1. The minimum absolute atomic E-state index is 0.277. The van der Waals surface area contributed by atoms with Crippen LogP contribution in [0.5, 0.6) is 11.5 Å². The van der Waals surface area contributed by atoms with E-state index in [1.165, 1.54) is 4.68 Å². The Labute approximate surface area is 171 Å². The number of hydrogen-bond donors (Lipinski definition) is 1. The molecular formula is C18H16Cl2N4O2S. The Hall–Kier alpha value is -2.35. The van der Waals surface area contributed by atoms with Gasteiger partial charge in [0.15, 0.2) is 11.5 Å². The number of H-pyrrole nitrogens is 1. The fourth-order valence-corrected chi connectivity index (χ4v) is 3.00. The highest BCUT2D eigenvalue weighted by Crippen LogP contribution is 2.30. The standard InChI is InChI=1S/C18H16Cl2N4O2S/c1-11-22-23-18(27)24(11)21-9-12-3-6-16(25-2)17(7-12)26-10-13-4-5-14(19)8-15(13)20/h3-9H,10H2,1-2H3,(H,23,27)/b21-9+. The number of aromatic nitrogens is 3. The van der Waals surface area contributed by atoms with Gasteiger partial charge in [-0.3, -0.25) is 5.10 Å². The van der Waals surface area contributed by atoms with Crippen LogP contribution in [0.3, 0.4) is 0 Å². The van der Waals surface area contributed by atoms with Gasteiger partial charge in [0.05, 0.1) is 13.3 Å². The van der Waals surface area contributed by atoms with Crippen LogP contribution in [0.15, 0.2) is 41.5 Å². The molecule has 0 aliphatic carbocycles. The maximum absolute atomic E-state index is 6.20. The van der Waals surface area contributed by atoms with Crippen molar-refractivity contribution >= 4 is 41.6 Å². The number of rotatable bonds is 6. The lowest BCUT2D eigenvalue weighted by molar-refractivity contribution is 0.284. The van der Waals surface area contributed by atoms with Gasteiger partial charge in [0.25, 0.3) is 0 Å². The fraction of sp³-hybridized carbons (Fsp3) is 0.167. The van der Waals surface area contributed by atoms with Crippen molar-refractivity contribution in [1.29, 1.82) is 0 Å². The largest absolute Gasteiger partial charge is 0.493 e. The van der Waals surface area contributed by atoms with Gasteiger partial charge in [-0.15, -0.1) is 0 Å². The quantitative estimate of drug-likeness (QED) is 0.447. The SMILES string of the molecule is COc1ccc(/C=N/n2c(C)n[nH]c2=S)cc1OCc1ccc(Cl)cc1Cl. The van der Waals surface area contributed by atoms with E-state index in [0.29, 0.717) is 32.1 Å². The van der Waals surface area contributed by atoms with Gasteiger partial charge in [0.1, 0.15) is 12.4 Å². The van der Waals surface area contributed by atoms with E-state index in [1.807, 2.05) is 31.2 Å². The molecule has 1 N–H and O–H groups in total. The predicted molar refractivity (Wildman–Crippen MR) is 109 cm³/mol. The van der Waals surface area contributed by atoms with Crippen LogP contribution in [-0.4, -0.2) is 28.2 Å². The van der Waals surface area contributed by atoms with Crippen LogP contribution in [0, 0.1) is 11.7 Å². The van der Waals surface area contributed by atoms with E-state index in [-0.39, 0.29) is 6.61 Å². The van der Waals surface area contributed by atoms with Crippen LogP contribution >= 0.6 is 35.4 Å². The van der Waals surface area contributed by atoms with Crippen LogP contribution in [0.4, 0.5) is 0 Å². The molecule has 0 radical (unpaired) electrons. The highest BCUT2D eigenvalue weighted by molar-refractivity contribution is 7.71. The molecule has 0 unspecified atom stereocenters. The highest BCUT2D eigenvalue weighted by Gasteiger charge is 2.08. The van der Waals surface area contributed by atoms with Crippen molar-refractivity contribution in [3.8, 4) is 11.5 Å². The van der Waals surface area contributed by atoms with Crippen LogP contribution in [0.1, 0.15) is 17.0 Å². The third-order valence-corrected chi connectivity index (χ3v) is 4.57. The van der Waals surface area contributed by atoms with Crippen LogP contribution in [-0.2, 0) is 6.61 Å². The lowest BCUT2D eigenvalue weighted by atomic mass is 10.2. The second-order valence-electron chi connectivity index (χ2n) is 5.57. The van der Waals surface area contributed by atoms with Gasteiger partial charge in [-0.05, 0) is 55.0 Å². The van der Waals surface area contributed by atoms with E-state index in [9.17, 15) is 0 Å². The number of ether oxygens (including phenoxy) is 2. The third-order valence-electron chi connectivity index (χ3n) is 3.72. The molecule has 0 bridgehead atoms. The van der Waals surface area contributed by atoms with E-state index in [1.54, 1.807) is 25.5 Å². The summed E-state index contributed by atoms with van der Waals surface area (Å²) in [6.07, 6.45) is 1.67. The Morgan fingerprint density at radius 1 is 1.22 bits per heavy atom. The first-order valence-electron chi connectivity index (χ1n) is 7.91. The molecule has 1 heterocycles. The summed E-state index contributed by atoms with van der Waals surface area (Å²) < 4.78 is 13.2. The van der Waals surface area contributed by atoms with Crippen LogP contribution in [0.2, 0.25) is 10.0 Å². The second kappa shape index (κ2) is 8.56. The molecule has 1 aromatic heterocycles. The van der Waals surface area contributed by atoms with E-state index in [4.69, 9.17) is 44.9 Å². The number of nitrogens with one attached hydrogen (secondary N) is 1. The highest BCUT2D eigenvalue weighted by atomic mass is 35.5. The average molecular weight is 423 g/mol. The zero-order chi connectivity index (χ0) is 19.4. The molecule has 27 heavy (non-hydrogen) atoms. The minimum atomic E-state index is 0.277. The van der Waals surface area contributed by atoms with Crippen molar-refractivity contribution in [2.24, 2.45) is 5.10 Å². The molecule has 140 valence electrons. The van der Waals surface area contributed by atoms with E-state index < -0.39 is 0 Å². The fourth-order valence-electron chi connectivity index (χ4n) is 2.31. The first kappa shape index (κ1) is 19.4. The topological polar surface area (TPSA) is 64.4 Å². The van der Waals surface area contributed by atoms with Crippen molar-refractivity contribution in [3.05, 3.63) is 68.2 Å². The van der Waals surface area contributed by atoms with Crippen molar-refractivity contribution in [2.75, 3.05) is 7.11 Å². The molecule has 0 fully saturated rings. The van der Waals surface area contributed by atoms with Gasteiger partial charge in [-0.1, -0.05) is 29.3 Å². The molecule has 9 heteroatoms. The molecular weight excluding hydrogens is 407 g/mol. The Kier molecular flexibility index (Phi) is 6.15. The summed E-state index contributed by atoms with van der Waals surface area (Å²) in [7, 11) is 1.58. The number of hydrogen-bond acceptors (Lipinski definition) is 5.